The van der Waals surface area contributed by atoms with Crippen LogP contribution in [0.15, 0.2) is 12.1 Å². The zero-order valence-corrected chi connectivity index (χ0v) is 13.5. The van der Waals surface area contributed by atoms with Gasteiger partial charge in [-0.3, -0.25) is 9.59 Å². The van der Waals surface area contributed by atoms with Crippen LogP contribution < -0.4 is 5.32 Å². The number of ether oxygens (including phenoxy) is 1. The maximum atomic E-state index is 12.4. The lowest BCUT2D eigenvalue weighted by atomic mass is 9.66. The van der Waals surface area contributed by atoms with Crippen molar-refractivity contribution in [1.82, 2.24) is 10.3 Å². The van der Waals surface area contributed by atoms with E-state index >= 15 is 0 Å². The normalized spacial score (nSPS) is 29.8. The average molecular weight is 318 g/mol. The van der Waals surface area contributed by atoms with Crippen molar-refractivity contribution in [3.05, 3.63) is 29.1 Å². The van der Waals surface area contributed by atoms with Crippen LogP contribution in [0.1, 0.15) is 47.4 Å². The van der Waals surface area contributed by atoms with Gasteiger partial charge in [0.1, 0.15) is 5.69 Å². The lowest BCUT2D eigenvalue weighted by molar-refractivity contribution is -0.181. The maximum Gasteiger partial charge on any atom is 0.306 e. The topological polar surface area (TPSA) is 88.5 Å². The van der Waals surface area contributed by atoms with Crippen molar-refractivity contribution >= 4 is 11.9 Å². The van der Waals surface area contributed by atoms with E-state index in [-0.39, 0.29) is 23.5 Å². The molecule has 1 saturated carbocycles. The summed E-state index contributed by atoms with van der Waals surface area (Å²) in [6.45, 7) is 4.36. The number of nitrogens with one attached hydrogen (secondary N) is 1. The lowest BCUT2D eigenvalue weighted by Crippen LogP contribution is -2.56. The highest BCUT2D eigenvalue weighted by Crippen LogP contribution is 2.46. The van der Waals surface area contributed by atoms with E-state index in [1.54, 1.807) is 6.07 Å². The fraction of sp³-hybridized carbons (Fsp3) is 0.588. The number of pyridine rings is 1. The zero-order valence-electron chi connectivity index (χ0n) is 13.5. The summed E-state index contributed by atoms with van der Waals surface area (Å²) < 4.78 is 5.81. The summed E-state index contributed by atoms with van der Waals surface area (Å²) in [5, 5.41) is 12.1. The number of aliphatic carboxylic acids is 1. The molecule has 2 N–H and O–H groups in total. The number of aromatic nitrogens is 1. The Labute approximate surface area is 135 Å². The summed E-state index contributed by atoms with van der Waals surface area (Å²) in [6.07, 6.45) is 2.50. The minimum atomic E-state index is -0.759. The highest BCUT2D eigenvalue weighted by atomic mass is 16.5. The fourth-order valence-corrected chi connectivity index (χ4v) is 3.67. The summed E-state index contributed by atoms with van der Waals surface area (Å²) in [5.74, 6) is -1.25. The SMILES string of the molecule is Cc1cc(C)nc(C(=O)NC2CCOC3(C2)CC(C(=O)O)C3)c1. The van der Waals surface area contributed by atoms with Crippen LogP contribution in [-0.2, 0) is 9.53 Å². The molecule has 2 fully saturated rings. The van der Waals surface area contributed by atoms with E-state index in [1.807, 2.05) is 19.9 Å². The van der Waals surface area contributed by atoms with Crippen molar-refractivity contribution in [2.24, 2.45) is 5.92 Å². The van der Waals surface area contributed by atoms with E-state index < -0.39 is 5.97 Å². The molecule has 1 atom stereocenters. The molecule has 1 amide bonds. The van der Waals surface area contributed by atoms with Crippen LogP contribution >= 0.6 is 0 Å². The first-order valence-corrected chi connectivity index (χ1v) is 8.00. The Balaban J connectivity index is 1.62. The Morgan fingerprint density at radius 1 is 1.30 bits per heavy atom. The molecule has 6 heteroatoms. The van der Waals surface area contributed by atoms with E-state index in [0.29, 0.717) is 31.6 Å². The second-order valence-electron chi connectivity index (χ2n) is 6.81. The number of nitrogens with zero attached hydrogens (tertiary/aromatic N) is 1. The Hall–Kier alpha value is -1.95. The van der Waals surface area contributed by atoms with Crippen LogP contribution in [0.3, 0.4) is 0 Å². The van der Waals surface area contributed by atoms with Gasteiger partial charge in [-0.05, 0) is 57.2 Å². The zero-order chi connectivity index (χ0) is 16.6. The molecule has 0 aromatic carbocycles. The van der Waals surface area contributed by atoms with Gasteiger partial charge in [0.25, 0.3) is 5.91 Å². The number of carboxylic acid groups (broad SMARTS) is 1. The van der Waals surface area contributed by atoms with Gasteiger partial charge in [0, 0.05) is 18.3 Å². The van der Waals surface area contributed by atoms with Crippen LogP contribution in [0.5, 0.6) is 0 Å². The first kappa shape index (κ1) is 15.9. The second-order valence-corrected chi connectivity index (χ2v) is 6.81. The number of hydrogen-bond acceptors (Lipinski definition) is 4. The molecular formula is C17H22N2O4. The molecule has 1 spiro atoms. The van der Waals surface area contributed by atoms with Crippen molar-refractivity contribution < 1.29 is 19.4 Å². The number of carbonyl (C=O) groups is 2. The summed E-state index contributed by atoms with van der Waals surface area (Å²) in [5.41, 5.74) is 1.89. The molecule has 3 rings (SSSR count). The molecule has 1 saturated heterocycles. The van der Waals surface area contributed by atoms with Gasteiger partial charge in [-0.2, -0.15) is 0 Å². The van der Waals surface area contributed by atoms with Crippen LogP contribution in [0, 0.1) is 19.8 Å². The summed E-state index contributed by atoms with van der Waals surface area (Å²) in [4.78, 5) is 27.7. The van der Waals surface area contributed by atoms with Crippen LogP contribution in [0.25, 0.3) is 0 Å². The second kappa shape index (κ2) is 5.92. The van der Waals surface area contributed by atoms with Crippen LogP contribution in [0.4, 0.5) is 0 Å². The molecule has 0 bridgehead atoms. The minimum Gasteiger partial charge on any atom is -0.481 e. The molecular weight excluding hydrogens is 296 g/mol. The van der Waals surface area contributed by atoms with Crippen molar-refractivity contribution in [1.29, 1.82) is 0 Å². The van der Waals surface area contributed by atoms with Gasteiger partial charge in [0.2, 0.25) is 0 Å². The first-order valence-electron chi connectivity index (χ1n) is 8.00. The van der Waals surface area contributed by atoms with Gasteiger partial charge >= 0.3 is 5.97 Å². The number of carboxylic acids is 1. The third-order valence-corrected chi connectivity index (χ3v) is 4.74. The Kier molecular flexibility index (Phi) is 4.10. The predicted molar refractivity (Wildman–Crippen MR) is 83.2 cm³/mol. The fourth-order valence-electron chi connectivity index (χ4n) is 3.67. The van der Waals surface area contributed by atoms with Crippen LogP contribution in [-0.4, -0.2) is 40.2 Å². The molecule has 2 heterocycles. The third kappa shape index (κ3) is 3.37. The molecule has 1 aromatic heterocycles. The maximum absolute atomic E-state index is 12.4. The summed E-state index contributed by atoms with van der Waals surface area (Å²) in [6, 6.07) is 3.72. The number of rotatable bonds is 3. The average Bonchev–Trinajstić information content (AvgIpc) is 2.43. The van der Waals surface area contributed by atoms with Gasteiger partial charge in [0.15, 0.2) is 0 Å². The lowest BCUT2D eigenvalue weighted by Gasteiger charge is -2.50. The summed E-state index contributed by atoms with van der Waals surface area (Å²) >= 11 is 0. The first-order chi connectivity index (χ1) is 10.9. The Morgan fingerprint density at radius 3 is 2.70 bits per heavy atom. The van der Waals surface area contributed by atoms with Gasteiger partial charge < -0.3 is 15.2 Å². The molecule has 0 radical (unpaired) electrons. The number of aryl methyl sites for hydroxylation is 2. The van der Waals surface area contributed by atoms with E-state index in [4.69, 9.17) is 9.84 Å². The van der Waals surface area contributed by atoms with E-state index in [9.17, 15) is 9.59 Å². The molecule has 1 unspecified atom stereocenters. The quantitative estimate of drug-likeness (QED) is 0.888. The molecule has 124 valence electrons. The molecule has 23 heavy (non-hydrogen) atoms. The molecule has 1 aromatic rings. The van der Waals surface area contributed by atoms with Crippen molar-refractivity contribution in [3.8, 4) is 0 Å². The highest BCUT2D eigenvalue weighted by Gasteiger charge is 2.51. The Morgan fingerprint density at radius 2 is 2.04 bits per heavy atom. The Bertz CT molecular complexity index is 617. The third-order valence-electron chi connectivity index (χ3n) is 4.74. The van der Waals surface area contributed by atoms with E-state index in [2.05, 4.69) is 10.3 Å². The van der Waals surface area contributed by atoms with Crippen molar-refractivity contribution in [2.75, 3.05) is 6.61 Å². The molecule has 6 nitrogen and oxygen atoms in total. The van der Waals surface area contributed by atoms with Crippen molar-refractivity contribution in [2.45, 2.75) is 51.2 Å². The van der Waals surface area contributed by atoms with Crippen molar-refractivity contribution in [3.63, 3.8) is 0 Å². The molecule has 1 aliphatic heterocycles. The molecule has 2 aliphatic rings. The van der Waals surface area contributed by atoms with Gasteiger partial charge in [-0.1, -0.05) is 0 Å². The number of amides is 1. The monoisotopic (exact) mass is 318 g/mol. The van der Waals surface area contributed by atoms with E-state index in [1.165, 1.54) is 0 Å². The minimum absolute atomic E-state index is 0.00798. The standard InChI is InChI=1S/C17H22N2O4/c1-10-5-11(2)18-14(6-10)15(20)19-13-3-4-23-17(9-13)7-12(8-17)16(21)22/h5-6,12-13H,3-4,7-9H2,1-2H3,(H,19,20)(H,21,22). The van der Waals surface area contributed by atoms with Gasteiger partial charge in [-0.15, -0.1) is 0 Å². The number of hydrogen-bond donors (Lipinski definition) is 2. The largest absolute Gasteiger partial charge is 0.481 e. The highest BCUT2D eigenvalue weighted by molar-refractivity contribution is 5.92. The van der Waals surface area contributed by atoms with Crippen LogP contribution in [0.2, 0.25) is 0 Å². The smallest absolute Gasteiger partial charge is 0.306 e. The van der Waals surface area contributed by atoms with E-state index in [0.717, 1.165) is 17.7 Å². The van der Waals surface area contributed by atoms with Gasteiger partial charge in [0.05, 0.1) is 11.5 Å². The van der Waals surface area contributed by atoms with Gasteiger partial charge in [-0.25, -0.2) is 4.98 Å². The predicted octanol–water partition coefficient (Wildman–Crippen LogP) is 1.84. The summed E-state index contributed by atoms with van der Waals surface area (Å²) in [7, 11) is 0. The number of carbonyl (C=O) groups excluding carboxylic acids is 1. The molecule has 1 aliphatic carbocycles.